The van der Waals surface area contributed by atoms with Crippen molar-refractivity contribution in [3.05, 3.63) is 96.2 Å². The minimum Gasteiger partial charge on any atom is -0.487 e. The van der Waals surface area contributed by atoms with Gasteiger partial charge in [0.15, 0.2) is 0 Å². The van der Waals surface area contributed by atoms with Gasteiger partial charge in [0.05, 0.1) is 24.3 Å². The Morgan fingerprint density at radius 3 is 2.53 bits per heavy atom. The van der Waals surface area contributed by atoms with E-state index < -0.39 is 10.0 Å². The third-order valence-electron chi connectivity index (χ3n) is 5.78. The molecule has 2 heterocycles. The number of aryl methyl sites for hydroxylation is 1. The number of pyridine rings is 1. The van der Waals surface area contributed by atoms with E-state index in [9.17, 15) is 13.2 Å². The summed E-state index contributed by atoms with van der Waals surface area (Å²) in [6, 6.07) is 23.1. The summed E-state index contributed by atoms with van der Waals surface area (Å²) in [6.45, 7) is 2.79. The van der Waals surface area contributed by atoms with Crippen molar-refractivity contribution in [2.75, 3.05) is 17.8 Å². The molecule has 0 spiro atoms. The minimum atomic E-state index is -3.87. The number of carbonyl (C=O) groups is 1. The number of hydrogen-bond acceptors (Lipinski definition) is 5. The van der Waals surface area contributed by atoms with Crippen molar-refractivity contribution < 1.29 is 17.9 Å². The Morgan fingerprint density at radius 2 is 1.76 bits per heavy atom. The van der Waals surface area contributed by atoms with Gasteiger partial charge in [-0.2, -0.15) is 0 Å². The van der Waals surface area contributed by atoms with Crippen molar-refractivity contribution in [1.82, 2.24) is 9.88 Å². The molecule has 1 fully saturated rings. The van der Waals surface area contributed by atoms with Gasteiger partial charge in [0.25, 0.3) is 15.9 Å². The molecule has 8 heteroatoms. The Bertz CT molecular complexity index is 1460. The topological polar surface area (TPSA) is 88.6 Å². The molecule has 0 bridgehead atoms. The molecule has 7 nitrogen and oxygen atoms in total. The van der Waals surface area contributed by atoms with Crippen LogP contribution in [0.25, 0.3) is 10.9 Å². The van der Waals surface area contributed by atoms with Gasteiger partial charge in [0.2, 0.25) is 0 Å². The van der Waals surface area contributed by atoms with Crippen LogP contribution in [-0.2, 0) is 10.0 Å². The average Bonchev–Trinajstić information content (AvgIpc) is 2.82. The van der Waals surface area contributed by atoms with Gasteiger partial charge in [-0.3, -0.25) is 14.5 Å². The standard InChI is InChI=1S/C26H23N3O4S/c1-18-15-20(26(30)29-16-22(17-29)33-21-9-3-2-4-10-21)12-13-23(18)28-34(31,32)24-11-5-7-19-8-6-14-27-25(19)24/h2-15,22,28H,16-17H2,1H3. The van der Waals surface area contributed by atoms with Crippen LogP contribution in [0.5, 0.6) is 5.75 Å². The Labute approximate surface area is 198 Å². The van der Waals surface area contributed by atoms with Crippen LogP contribution in [-0.4, -0.2) is 43.4 Å². The number of rotatable bonds is 6. The number of likely N-dealkylation sites (tertiary alicyclic amines) is 1. The predicted molar refractivity (Wildman–Crippen MR) is 130 cm³/mol. The molecular formula is C26H23N3O4S. The lowest BCUT2D eigenvalue weighted by Gasteiger charge is -2.39. The number of benzene rings is 3. The summed E-state index contributed by atoms with van der Waals surface area (Å²) < 4.78 is 34.7. The molecule has 1 amide bonds. The number of hydrogen-bond donors (Lipinski definition) is 1. The number of nitrogens with zero attached hydrogens (tertiary/aromatic N) is 2. The molecule has 3 aromatic carbocycles. The molecule has 1 N–H and O–H groups in total. The first-order chi connectivity index (χ1) is 16.4. The van der Waals surface area contributed by atoms with Crippen molar-refractivity contribution in [2.24, 2.45) is 0 Å². The Kier molecular flexibility index (Phi) is 5.67. The first-order valence-corrected chi connectivity index (χ1v) is 12.4. The van der Waals surface area contributed by atoms with Gasteiger partial charge in [-0.05, 0) is 55.0 Å². The maximum Gasteiger partial charge on any atom is 0.264 e. The van der Waals surface area contributed by atoms with E-state index in [0.717, 1.165) is 11.1 Å². The number of sulfonamides is 1. The number of nitrogens with one attached hydrogen (secondary N) is 1. The highest BCUT2D eigenvalue weighted by Gasteiger charge is 2.33. The molecule has 0 unspecified atom stereocenters. The molecule has 0 radical (unpaired) electrons. The Hall–Kier alpha value is -3.91. The first-order valence-electron chi connectivity index (χ1n) is 10.9. The number of fused-ring (bicyclic) bond motifs is 1. The third-order valence-corrected chi connectivity index (χ3v) is 7.18. The molecule has 1 aliphatic rings. The molecule has 34 heavy (non-hydrogen) atoms. The molecule has 0 aliphatic carbocycles. The molecule has 5 rings (SSSR count). The maximum atomic E-state index is 13.1. The second kappa shape index (κ2) is 8.79. The number of aromatic nitrogens is 1. The van der Waals surface area contributed by atoms with Gasteiger partial charge in [-0.15, -0.1) is 0 Å². The molecule has 4 aromatic rings. The highest BCUT2D eigenvalue weighted by atomic mass is 32.2. The van der Waals surface area contributed by atoms with Gasteiger partial charge in [-0.25, -0.2) is 8.42 Å². The zero-order valence-corrected chi connectivity index (χ0v) is 19.3. The fourth-order valence-corrected chi connectivity index (χ4v) is 5.27. The summed E-state index contributed by atoms with van der Waals surface area (Å²) in [6.07, 6.45) is 1.53. The number of anilines is 1. The second-order valence-corrected chi connectivity index (χ2v) is 9.88. The van der Waals surface area contributed by atoms with E-state index in [4.69, 9.17) is 4.74 Å². The third kappa shape index (κ3) is 4.32. The first kappa shape index (κ1) is 21.9. The molecule has 1 aromatic heterocycles. The molecule has 172 valence electrons. The lowest BCUT2D eigenvalue weighted by Crippen LogP contribution is -2.56. The van der Waals surface area contributed by atoms with Crippen LogP contribution in [0.15, 0.2) is 90.0 Å². The lowest BCUT2D eigenvalue weighted by molar-refractivity contribution is 0.0178. The average molecular weight is 474 g/mol. The summed E-state index contributed by atoms with van der Waals surface area (Å²) in [5.41, 5.74) is 1.98. The number of para-hydroxylation sites is 2. The summed E-state index contributed by atoms with van der Waals surface area (Å²) in [7, 11) is -3.87. The summed E-state index contributed by atoms with van der Waals surface area (Å²) in [4.78, 5) is 18.9. The summed E-state index contributed by atoms with van der Waals surface area (Å²) in [5, 5.41) is 0.743. The maximum absolute atomic E-state index is 13.1. The zero-order chi connectivity index (χ0) is 23.7. The van der Waals surface area contributed by atoms with Crippen LogP contribution in [0.3, 0.4) is 0 Å². The Balaban J connectivity index is 1.28. The van der Waals surface area contributed by atoms with E-state index in [1.807, 2.05) is 42.5 Å². The van der Waals surface area contributed by atoms with E-state index in [-0.39, 0.29) is 16.9 Å². The fourth-order valence-electron chi connectivity index (χ4n) is 3.96. The normalized spacial score (nSPS) is 14.0. The highest BCUT2D eigenvalue weighted by Crippen LogP contribution is 2.26. The summed E-state index contributed by atoms with van der Waals surface area (Å²) in [5.74, 6) is 0.678. The fraction of sp³-hybridized carbons (Fsp3) is 0.154. The summed E-state index contributed by atoms with van der Waals surface area (Å²) >= 11 is 0. The van der Waals surface area contributed by atoms with E-state index >= 15 is 0 Å². The SMILES string of the molecule is Cc1cc(C(=O)N2CC(Oc3ccccc3)C2)ccc1NS(=O)(=O)c1cccc2cccnc12. The van der Waals surface area contributed by atoms with Crippen LogP contribution in [0, 0.1) is 6.92 Å². The number of ether oxygens (including phenoxy) is 1. The largest absolute Gasteiger partial charge is 0.487 e. The van der Waals surface area contributed by atoms with E-state index in [2.05, 4.69) is 9.71 Å². The van der Waals surface area contributed by atoms with E-state index in [0.29, 0.717) is 35.4 Å². The molecule has 0 atom stereocenters. The van der Waals surface area contributed by atoms with Crippen LogP contribution in [0.4, 0.5) is 5.69 Å². The molecular weight excluding hydrogens is 450 g/mol. The van der Waals surface area contributed by atoms with Crippen LogP contribution in [0.1, 0.15) is 15.9 Å². The highest BCUT2D eigenvalue weighted by molar-refractivity contribution is 7.93. The van der Waals surface area contributed by atoms with Crippen molar-refractivity contribution in [1.29, 1.82) is 0 Å². The van der Waals surface area contributed by atoms with Crippen LogP contribution >= 0.6 is 0 Å². The second-order valence-electron chi connectivity index (χ2n) is 8.23. The van der Waals surface area contributed by atoms with Gasteiger partial charge >= 0.3 is 0 Å². The molecule has 1 saturated heterocycles. The van der Waals surface area contributed by atoms with E-state index in [1.165, 1.54) is 6.07 Å². The predicted octanol–water partition coefficient (Wildman–Crippen LogP) is 4.25. The van der Waals surface area contributed by atoms with Crippen molar-refractivity contribution in [3.63, 3.8) is 0 Å². The van der Waals surface area contributed by atoms with Crippen molar-refractivity contribution >= 4 is 32.5 Å². The van der Waals surface area contributed by atoms with Crippen LogP contribution in [0.2, 0.25) is 0 Å². The number of carbonyl (C=O) groups excluding carboxylic acids is 1. The minimum absolute atomic E-state index is 0.0344. The smallest absolute Gasteiger partial charge is 0.264 e. The molecule has 1 aliphatic heterocycles. The van der Waals surface area contributed by atoms with Crippen molar-refractivity contribution in [3.8, 4) is 5.75 Å². The quantitative estimate of drug-likeness (QED) is 0.452. The molecule has 0 saturated carbocycles. The number of amides is 1. The van der Waals surface area contributed by atoms with Gasteiger partial charge < -0.3 is 9.64 Å². The Morgan fingerprint density at radius 1 is 1.00 bits per heavy atom. The van der Waals surface area contributed by atoms with Crippen molar-refractivity contribution in [2.45, 2.75) is 17.9 Å². The zero-order valence-electron chi connectivity index (χ0n) is 18.5. The van der Waals surface area contributed by atoms with Gasteiger partial charge in [0.1, 0.15) is 16.7 Å². The monoisotopic (exact) mass is 473 g/mol. The van der Waals surface area contributed by atoms with Crippen LogP contribution < -0.4 is 9.46 Å². The van der Waals surface area contributed by atoms with E-state index in [1.54, 1.807) is 48.4 Å². The van der Waals surface area contributed by atoms with Gasteiger partial charge in [-0.1, -0.05) is 36.4 Å². The van der Waals surface area contributed by atoms with Gasteiger partial charge in [0, 0.05) is 17.1 Å². The lowest BCUT2D eigenvalue weighted by atomic mass is 10.1.